The molecule has 0 fully saturated rings. The summed E-state index contributed by atoms with van der Waals surface area (Å²) in [6, 6.07) is 6.79. The van der Waals surface area contributed by atoms with Crippen LogP contribution in [0, 0.1) is 5.92 Å². The van der Waals surface area contributed by atoms with Gasteiger partial charge in [-0.2, -0.15) is 0 Å². The Bertz CT molecular complexity index is 457. The van der Waals surface area contributed by atoms with Gasteiger partial charge >= 0.3 is 0 Å². The molecule has 1 aliphatic carbocycles. The number of rotatable bonds is 2. The fourth-order valence-corrected chi connectivity index (χ4v) is 3.44. The van der Waals surface area contributed by atoms with Gasteiger partial charge in [-0.05, 0) is 33.4 Å². The molecular weight excluding hydrogens is 220 g/mol. The highest BCUT2D eigenvalue weighted by Gasteiger charge is 2.48. The molecule has 1 aromatic carbocycles. The molecule has 0 radical (unpaired) electrons. The Morgan fingerprint density at radius 2 is 1.67 bits per heavy atom. The van der Waals surface area contributed by atoms with Crippen molar-refractivity contribution >= 4 is 0 Å². The highest BCUT2D eigenvalue weighted by Crippen LogP contribution is 2.53. The Morgan fingerprint density at radius 1 is 1.11 bits per heavy atom. The summed E-state index contributed by atoms with van der Waals surface area (Å²) in [5, 5.41) is 9.32. The van der Waals surface area contributed by atoms with Gasteiger partial charge in [0.2, 0.25) is 0 Å². The summed E-state index contributed by atoms with van der Waals surface area (Å²) in [6.45, 7) is 14.0. The molecule has 1 nitrogen and oxygen atoms in total. The van der Waals surface area contributed by atoms with Crippen molar-refractivity contribution in [1.82, 2.24) is 0 Å². The number of benzene rings is 1. The first kappa shape index (κ1) is 13.6. The predicted molar refractivity (Wildman–Crippen MR) is 77.2 cm³/mol. The van der Waals surface area contributed by atoms with Crippen LogP contribution < -0.4 is 0 Å². The fourth-order valence-electron chi connectivity index (χ4n) is 3.44. The van der Waals surface area contributed by atoms with Crippen LogP contribution in [-0.4, -0.2) is 11.7 Å². The van der Waals surface area contributed by atoms with Gasteiger partial charge in [-0.3, -0.25) is 0 Å². The minimum atomic E-state index is 0.212. The van der Waals surface area contributed by atoms with Crippen LogP contribution in [0.2, 0.25) is 0 Å². The maximum absolute atomic E-state index is 9.32. The molecule has 1 aromatic rings. The molecule has 1 heteroatoms. The van der Waals surface area contributed by atoms with Crippen LogP contribution in [0.1, 0.15) is 64.2 Å². The van der Waals surface area contributed by atoms with E-state index in [1.54, 1.807) is 0 Å². The number of hydrogen-bond donors (Lipinski definition) is 1. The smallest absolute Gasteiger partial charge is 0.0497 e. The summed E-state index contributed by atoms with van der Waals surface area (Å²) in [6.07, 6.45) is 0. The number of aliphatic hydroxyl groups is 1. The summed E-state index contributed by atoms with van der Waals surface area (Å²) in [4.78, 5) is 0. The molecule has 18 heavy (non-hydrogen) atoms. The van der Waals surface area contributed by atoms with E-state index in [9.17, 15) is 5.11 Å². The third-order valence-electron chi connectivity index (χ3n) is 5.44. The van der Waals surface area contributed by atoms with Crippen molar-refractivity contribution in [2.24, 2.45) is 5.92 Å². The topological polar surface area (TPSA) is 20.2 Å². The molecule has 0 bridgehead atoms. The maximum Gasteiger partial charge on any atom is 0.0497 e. The summed E-state index contributed by atoms with van der Waals surface area (Å²) in [5.41, 5.74) is 4.66. The quantitative estimate of drug-likeness (QED) is 0.836. The lowest BCUT2D eigenvalue weighted by atomic mass is 9.71. The zero-order chi connectivity index (χ0) is 13.7. The van der Waals surface area contributed by atoms with E-state index >= 15 is 0 Å². The zero-order valence-electron chi connectivity index (χ0n) is 12.5. The first-order valence-corrected chi connectivity index (χ1v) is 6.98. The SMILES string of the molecule is CC1C(C)(C)c2ccc([C@@H](C)CO)cc2C1(C)C. The van der Waals surface area contributed by atoms with Gasteiger partial charge in [0.15, 0.2) is 0 Å². The van der Waals surface area contributed by atoms with Crippen LogP contribution in [0.25, 0.3) is 0 Å². The van der Waals surface area contributed by atoms with Gasteiger partial charge in [-0.1, -0.05) is 59.7 Å². The third kappa shape index (κ3) is 1.72. The molecule has 2 atom stereocenters. The lowest BCUT2D eigenvalue weighted by molar-refractivity contribution is 0.263. The van der Waals surface area contributed by atoms with Crippen molar-refractivity contribution in [1.29, 1.82) is 0 Å². The molecule has 0 saturated heterocycles. The highest BCUT2D eigenvalue weighted by atomic mass is 16.3. The van der Waals surface area contributed by atoms with Crippen molar-refractivity contribution in [3.8, 4) is 0 Å². The zero-order valence-corrected chi connectivity index (χ0v) is 12.5. The van der Waals surface area contributed by atoms with Crippen molar-refractivity contribution in [2.45, 2.75) is 58.3 Å². The van der Waals surface area contributed by atoms with Crippen LogP contribution in [0.3, 0.4) is 0 Å². The van der Waals surface area contributed by atoms with E-state index in [0.717, 1.165) is 0 Å². The van der Waals surface area contributed by atoms with E-state index in [4.69, 9.17) is 0 Å². The second-order valence-electron chi connectivity index (χ2n) is 7.05. The van der Waals surface area contributed by atoms with E-state index < -0.39 is 0 Å². The van der Waals surface area contributed by atoms with Crippen molar-refractivity contribution in [3.63, 3.8) is 0 Å². The van der Waals surface area contributed by atoms with Gasteiger partial charge in [0.25, 0.3) is 0 Å². The largest absolute Gasteiger partial charge is 0.396 e. The van der Waals surface area contributed by atoms with Crippen LogP contribution in [0.15, 0.2) is 18.2 Å². The molecule has 2 rings (SSSR count). The summed E-state index contributed by atoms with van der Waals surface area (Å²) < 4.78 is 0. The lowest BCUT2D eigenvalue weighted by Gasteiger charge is -2.32. The van der Waals surface area contributed by atoms with Gasteiger partial charge < -0.3 is 5.11 Å². The molecule has 0 heterocycles. The van der Waals surface area contributed by atoms with Crippen LogP contribution in [-0.2, 0) is 10.8 Å². The van der Waals surface area contributed by atoms with E-state index in [2.05, 4.69) is 59.7 Å². The first-order valence-electron chi connectivity index (χ1n) is 6.98. The second-order valence-corrected chi connectivity index (χ2v) is 7.05. The van der Waals surface area contributed by atoms with Crippen LogP contribution in [0.5, 0.6) is 0 Å². The van der Waals surface area contributed by atoms with E-state index in [1.165, 1.54) is 16.7 Å². The third-order valence-corrected chi connectivity index (χ3v) is 5.44. The van der Waals surface area contributed by atoms with Gasteiger partial charge in [0.1, 0.15) is 0 Å². The van der Waals surface area contributed by atoms with Crippen molar-refractivity contribution in [3.05, 3.63) is 34.9 Å². The Balaban J connectivity index is 2.58. The molecule has 1 N–H and O–H groups in total. The molecule has 0 aromatic heterocycles. The number of aliphatic hydroxyl groups excluding tert-OH is 1. The minimum Gasteiger partial charge on any atom is -0.396 e. The molecule has 100 valence electrons. The van der Waals surface area contributed by atoms with Crippen LogP contribution >= 0.6 is 0 Å². The maximum atomic E-state index is 9.32. The van der Waals surface area contributed by atoms with E-state index in [0.29, 0.717) is 5.92 Å². The number of hydrogen-bond acceptors (Lipinski definition) is 1. The monoisotopic (exact) mass is 246 g/mol. The van der Waals surface area contributed by atoms with E-state index in [1.807, 2.05) is 0 Å². The molecule has 0 amide bonds. The first-order chi connectivity index (χ1) is 8.22. The van der Waals surface area contributed by atoms with Gasteiger partial charge in [0.05, 0.1) is 0 Å². The Labute approximate surface area is 111 Å². The molecule has 1 unspecified atom stereocenters. The van der Waals surface area contributed by atoms with E-state index in [-0.39, 0.29) is 23.4 Å². The summed E-state index contributed by atoms with van der Waals surface area (Å²) in [5.74, 6) is 0.852. The molecular formula is C17H26O. The molecule has 0 spiro atoms. The number of fused-ring (bicyclic) bond motifs is 1. The Morgan fingerprint density at radius 3 is 2.22 bits per heavy atom. The lowest BCUT2D eigenvalue weighted by Crippen LogP contribution is -2.30. The Kier molecular flexibility index (Phi) is 3.09. The van der Waals surface area contributed by atoms with Gasteiger partial charge in [-0.25, -0.2) is 0 Å². The van der Waals surface area contributed by atoms with Crippen molar-refractivity contribution < 1.29 is 5.11 Å². The normalized spacial score (nSPS) is 25.8. The predicted octanol–water partition coefficient (Wildman–Crippen LogP) is 3.99. The molecule has 0 aliphatic heterocycles. The van der Waals surface area contributed by atoms with Gasteiger partial charge in [-0.15, -0.1) is 0 Å². The highest BCUT2D eigenvalue weighted by molar-refractivity contribution is 5.48. The average molecular weight is 246 g/mol. The molecule has 1 aliphatic rings. The summed E-state index contributed by atoms with van der Waals surface area (Å²) in [7, 11) is 0. The molecule has 0 saturated carbocycles. The van der Waals surface area contributed by atoms with Crippen molar-refractivity contribution in [2.75, 3.05) is 6.61 Å². The average Bonchev–Trinajstić information content (AvgIpc) is 2.47. The van der Waals surface area contributed by atoms with Gasteiger partial charge in [0, 0.05) is 12.5 Å². The second kappa shape index (κ2) is 4.09. The van der Waals surface area contributed by atoms with Crippen LogP contribution in [0.4, 0.5) is 0 Å². The fraction of sp³-hybridized carbons (Fsp3) is 0.647. The minimum absolute atomic E-state index is 0.212. The Hall–Kier alpha value is -0.820. The standard InChI is InChI=1S/C17H26O/c1-11(10-18)13-7-8-14-15(9-13)17(5,6)12(2)16(14,3)4/h7-9,11-12,18H,10H2,1-6H3/t11-,12?/m0/s1. The summed E-state index contributed by atoms with van der Waals surface area (Å²) >= 11 is 0.